The molecule has 1 saturated heterocycles. The van der Waals surface area contributed by atoms with Gasteiger partial charge in [-0.1, -0.05) is 54.6 Å². The van der Waals surface area contributed by atoms with Gasteiger partial charge >= 0.3 is 18.0 Å². The minimum absolute atomic E-state index is 0.173. The zero-order valence-electron chi connectivity index (χ0n) is 27.6. The van der Waals surface area contributed by atoms with Crippen molar-refractivity contribution in [3.63, 3.8) is 0 Å². The molecule has 6 N–H and O–H groups in total. The molecule has 47 heavy (non-hydrogen) atoms. The van der Waals surface area contributed by atoms with E-state index in [1.807, 2.05) is 0 Å². The third-order valence-electron chi connectivity index (χ3n) is 6.85. The number of amidine groups is 1. The number of carbonyl (C=O) groups excluding carboxylic acids is 6. The summed E-state index contributed by atoms with van der Waals surface area (Å²) < 4.78 is 10.9. The Hall–Kier alpha value is -5.27. The van der Waals surface area contributed by atoms with E-state index in [9.17, 15) is 28.8 Å². The Bertz CT molecular complexity index is 1550. The molecular formula is C33H42N6O8. The first-order chi connectivity index (χ1) is 21.7. The van der Waals surface area contributed by atoms with Gasteiger partial charge in [0.15, 0.2) is 6.04 Å². The van der Waals surface area contributed by atoms with E-state index in [0.717, 1.165) is 0 Å². The number of rotatable bonds is 11. The minimum Gasteiger partial charge on any atom is -0.460 e. The zero-order chi connectivity index (χ0) is 35.3. The first-order valence-electron chi connectivity index (χ1n) is 14.9. The van der Waals surface area contributed by atoms with Crippen LogP contribution >= 0.6 is 0 Å². The van der Waals surface area contributed by atoms with Crippen molar-refractivity contribution in [1.82, 2.24) is 20.9 Å². The van der Waals surface area contributed by atoms with Gasteiger partial charge in [0.1, 0.15) is 35.2 Å². The molecule has 0 radical (unpaired) electrons. The number of hydrogen-bond acceptors (Lipinski definition) is 9. The molecule has 14 nitrogen and oxygen atoms in total. The van der Waals surface area contributed by atoms with Crippen LogP contribution in [-0.2, 0) is 39.0 Å². The summed E-state index contributed by atoms with van der Waals surface area (Å²) in [5.41, 5.74) is 3.39. The number of nitrogens with one attached hydrogen (secondary N) is 4. The van der Waals surface area contributed by atoms with Crippen molar-refractivity contribution >= 4 is 41.5 Å². The summed E-state index contributed by atoms with van der Waals surface area (Å²) in [7, 11) is 0. The minimum atomic E-state index is -1.56. The van der Waals surface area contributed by atoms with Crippen LogP contribution in [0, 0.1) is 5.41 Å². The van der Waals surface area contributed by atoms with E-state index in [1.165, 1.54) is 31.2 Å². The zero-order valence-corrected chi connectivity index (χ0v) is 27.6. The standard InChI is InChI=1S/C33H42N6O8/c1-31(2,3)46-24(41)17-22(27(42)37-25(19-11-9-8-10-12-19)28(43)47-32(4,5)6)36-23(40)18-39-29(44)33(7,38-30(39)45)21-15-13-20(14-16-21)26(34)35/h8-16,22,25H,17-18H2,1-7H3,(H3,34,35)(H,36,40)(H,37,42)(H,38,45)/t22-,25-,33?/m0/s1. The Labute approximate surface area is 273 Å². The van der Waals surface area contributed by atoms with E-state index in [0.29, 0.717) is 21.6 Å². The molecule has 0 bridgehead atoms. The van der Waals surface area contributed by atoms with Gasteiger partial charge in [-0.15, -0.1) is 0 Å². The summed E-state index contributed by atoms with van der Waals surface area (Å²) >= 11 is 0. The summed E-state index contributed by atoms with van der Waals surface area (Å²) in [4.78, 5) is 79.9. The van der Waals surface area contributed by atoms with E-state index in [-0.39, 0.29) is 5.84 Å². The summed E-state index contributed by atoms with van der Waals surface area (Å²) in [5.74, 6) is -4.33. The van der Waals surface area contributed by atoms with Gasteiger partial charge in [-0.05, 0) is 59.6 Å². The van der Waals surface area contributed by atoms with Crippen molar-refractivity contribution in [3.8, 4) is 0 Å². The molecule has 1 heterocycles. The van der Waals surface area contributed by atoms with E-state index < -0.39 is 77.5 Å². The monoisotopic (exact) mass is 650 g/mol. The lowest BCUT2D eigenvalue weighted by molar-refractivity contribution is -0.159. The highest BCUT2D eigenvalue weighted by Crippen LogP contribution is 2.29. The van der Waals surface area contributed by atoms with Crippen LogP contribution < -0.4 is 21.7 Å². The van der Waals surface area contributed by atoms with Crippen LogP contribution in [0.3, 0.4) is 0 Å². The van der Waals surface area contributed by atoms with Crippen LogP contribution in [0.15, 0.2) is 54.6 Å². The van der Waals surface area contributed by atoms with E-state index in [2.05, 4.69) is 16.0 Å². The van der Waals surface area contributed by atoms with Gasteiger partial charge in [-0.3, -0.25) is 29.5 Å². The molecule has 2 aromatic rings. The Morgan fingerprint density at radius 1 is 0.915 bits per heavy atom. The number of imide groups is 1. The second-order valence-electron chi connectivity index (χ2n) is 13.2. The molecule has 1 aliphatic rings. The van der Waals surface area contributed by atoms with Crippen LogP contribution in [0.4, 0.5) is 4.79 Å². The quantitative estimate of drug-likeness (QED) is 0.104. The molecule has 0 saturated carbocycles. The van der Waals surface area contributed by atoms with Gasteiger partial charge in [0, 0.05) is 5.56 Å². The van der Waals surface area contributed by atoms with E-state index >= 15 is 0 Å². The molecule has 2 aromatic carbocycles. The van der Waals surface area contributed by atoms with Gasteiger partial charge in [-0.25, -0.2) is 9.59 Å². The molecule has 14 heteroatoms. The first kappa shape index (κ1) is 36.2. The van der Waals surface area contributed by atoms with Gasteiger partial charge in [0.05, 0.1) is 6.42 Å². The molecule has 0 aliphatic carbocycles. The summed E-state index contributed by atoms with van der Waals surface area (Å²) in [5, 5.41) is 15.1. The number of esters is 2. The molecule has 1 unspecified atom stereocenters. The van der Waals surface area contributed by atoms with Gasteiger partial charge in [0.2, 0.25) is 11.8 Å². The number of nitrogen functional groups attached to an aromatic ring is 1. The van der Waals surface area contributed by atoms with Crippen molar-refractivity contribution in [1.29, 1.82) is 5.41 Å². The number of hydrogen-bond donors (Lipinski definition) is 5. The Morgan fingerprint density at radius 2 is 1.49 bits per heavy atom. The maximum absolute atomic E-state index is 13.6. The molecule has 1 aliphatic heterocycles. The molecule has 0 spiro atoms. The molecule has 252 valence electrons. The highest BCUT2D eigenvalue weighted by atomic mass is 16.6. The Morgan fingerprint density at radius 3 is 2.02 bits per heavy atom. The highest BCUT2D eigenvalue weighted by Gasteiger charge is 2.49. The predicted octanol–water partition coefficient (Wildman–Crippen LogP) is 2.15. The summed E-state index contributed by atoms with van der Waals surface area (Å²) in [6.45, 7) is 10.6. The average molecular weight is 651 g/mol. The third kappa shape index (κ3) is 9.61. The lowest BCUT2D eigenvalue weighted by Crippen LogP contribution is -2.53. The van der Waals surface area contributed by atoms with Crippen LogP contribution in [-0.4, -0.2) is 70.2 Å². The third-order valence-corrected chi connectivity index (χ3v) is 6.85. The maximum atomic E-state index is 13.6. The maximum Gasteiger partial charge on any atom is 0.333 e. The second kappa shape index (κ2) is 14.0. The fourth-order valence-electron chi connectivity index (χ4n) is 4.69. The summed E-state index contributed by atoms with van der Waals surface area (Å²) in [6.07, 6.45) is -0.620. The van der Waals surface area contributed by atoms with Crippen LogP contribution in [0.2, 0.25) is 0 Å². The van der Waals surface area contributed by atoms with Gasteiger partial charge in [-0.2, -0.15) is 0 Å². The Kier molecular flexibility index (Phi) is 10.8. The number of nitrogens with two attached hydrogens (primary N) is 1. The topological polar surface area (TPSA) is 210 Å². The SMILES string of the molecule is CC(C)(C)OC(=O)C[C@H](NC(=O)CN1C(=O)NC(C)(c2ccc(C(=N)N)cc2)C1=O)C(=O)N[C@H](C(=O)OC(C)(C)C)c1ccccc1. The van der Waals surface area contributed by atoms with Gasteiger partial charge in [0.25, 0.3) is 5.91 Å². The molecule has 1 fully saturated rings. The first-order valence-corrected chi connectivity index (χ1v) is 14.9. The smallest absolute Gasteiger partial charge is 0.333 e. The van der Waals surface area contributed by atoms with Crippen molar-refractivity contribution in [2.45, 2.75) is 83.7 Å². The van der Waals surface area contributed by atoms with Crippen molar-refractivity contribution < 1.29 is 38.2 Å². The van der Waals surface area contributed by atoms with E-state index in [4.69, 9.17) is 20.6 Å². The lowest BCUT2D eigenvalue weighted by atomic mass is 9.91. The molecule has 3 rings (SSSR count). The lowest BCUT2D eigenvalue weighted by Gasteiger charge is -2.27. The molecular weight excluding hydrogens is 608 g/mol. The molecule has 5 amide bonds. The summed E-state index contributed by atoms with van der Waals surface area (Å²) in [6, 6.07) is 10.7. The Balaban J connectivity index is 1.84. The average Bonchev–Trinajstić information content (AvgIpc) is 3.17. The number of amides is 5. The van der Waals surface area contributed by atoms with Crippen molar-refractivity contribution in [2.75, 3.05) is 6.54 Å². The van der Waals surface area contributed by atoms with Crippen LogP contribution in [0.5, 0.6) is 0 Å². The highest BCUT2D eigenvalue weighted by molar-refractivity contribution is 6.09. The van der Waals surface area contributed by atoms with Gasteiger partial charge < -0.3 is 31.2 Å². The van der Waals surface area contributed by atoms with Crippen LogP contribution in [0.25, 0.3) is 0 Å². The number of urea groups is 1. The fraction of sp³-hybridized carbons (Fsp3) is 0.424. The largest absolute Gasteiger partial charge is 0.460 e. The van der Waals surface area contributed by atoms with Crippen molar-refractivity contribution in [3.05, 3.63) is 71.3 Å². The number of benzene rings is 2. The number of ether oxygens (including phenoxy) is 2. The molecule has 3 atom stereocenters. The van der Waals surface area contributed by atoms with E-state index in [1.54, 1.807) is 71.9 Å². The predicted molar refractivity (Wildman–Crippen MR) is 171 cm³/mol. The fourth-order valence-corrected chi connectivity index (χ4v) is 4.69. The normalized spacial score (nSPS) is 17.6. The second-order valence-corrected chi connectivity index (χ2v) is 13.2. The van der Waals surface area contributed by atoms with Crippen LogP contribution in [0.1, 0.15) is 77.6 Å². The van der Waals surface area contributed by atoms with Crippen molar-refractivity contribution in [2.24, 2.45) is 5.73 Å². The number of nitrogens with zero attached hydrogens (tertiary/aromatic N) is 1. The molecule has 0 aromatic heterocycles. The number of carbonyl (C=O) groups is 6.